The molecule has 2 aliphatic rings. The number of nitrogens with zero attached hydrogens (tertiary/aromatic N) is 2. The molecule has 4 atom stereocenters. The molecule has 0 bridgehead atoms. The Balaban J connectivity index is 1.88. The third kappa shape index (κ3) is 3.16. The molecule has 1 aromatic heterocycles. The topological polar surface area (TPSA) is 124 Å². The van der Waals surface area contributed by atoms with Gasteiger partial charge in [-0.1, -0.05) is 0 Å². The summed E-state index contributed by atoms with van der Waals surface area (Å²) in [5, 5.41) is 9.92. The summed E-state index contributed by atoms with van der Waals surface area (Å²) in [5.74, 6) is 1.05. The van der Waals surface area contributed by atoms with Crippen LogP contribution in [-0.2, 0) is 4.74 Å². The summed E-state index contributed by atoms with van der Waals surface area (Å²) in [6.45, 7) is 0. The summed E-state index contributed by atoms with van der Waals surface area (Å²) in [4.78, 5) is 4.10. The maximum atomic E-state index is 9.92. The van der Waals surface area contributed by atoms with Gasteiger partial charge in [0.15, 0.2) is 17.7 Å². The molecule has 2 aromatic rings. The molecule has 1 aromatic carbocycles. The van der Waals surface area contributed by atoms with Crippen LogP contribution in [0.5, 0.6) is 17.2 Å². The lowest BCUT2D eigenvalue weighted by Gasteiger charge is -2.36. The minimum absolute atomic E-state index is 0.0992. The van der Waals surface area contributed by atoms with Crippen LogP contribution in [0.1, 0.15) is 23.1 Å². The molecule has 4 N–H and O–H groups in total. The van der Waals surface area contributed by atoms with Crippen molar-refractivity contribution in [1.82, 2.24) is 15.8 Å². The molecule has 0 amide bonds. The van der Waals surface area contributed by atoms with Crippen molar-refractivity contribution in [1.29, 1.82) is 5.26 Å². The van der Waals surface area contributed by atoms with Gasteiger partial charge < -0.3 is 24.7 Å². The number of benzene rings is 1. The van der Waals surface area contributed by atoms with Crippen molar-refractivity contribution < 1.29 is 18.9 Å². The van der Waals surface area contributed by atoms with Crippen LogP contribution in [0.2, 0.25) is 0 Å². The molecular formula is C21H23N5O4. The van der Waals surface area contributed by atoms with Gasteiger partial charge in [0.25, 0.3) is 0 Å². The number of rotatable bonds is 5. The quantitative estimate of drug-likeness (QED) is 0.677. The molecule has 4 unspecified atom stereocenters. The molecule has 156 valence electrons. The van der Waals surface area contributed by atoms with Gasteiger partial charge in [-0.05, 0) is 35.4 Å². The summed E-state index contributed by atoms with van der Waals surface area (Å²) in [5.41, 5.74) is 14.7. The van der Waals surface area contributed by atoms with Gasteiger partial charge in [0.2, 0.25) is 11.6 Å². The number of ether oxygens (including phenoxy) is 4. The number of hydrazine groups is 1. The Morgan fingerprint density at radius 2 is 1.70 bits per heavy atom. The second-order valence-corrected chi connectivity index (χ2v) is 6.99. The zero-order chi connectivity index (χ0) is 21.3. The predicted octanol–water partition coefficient (Wildman–Crippen LogP) is 1.71. The fourth-order valence-corrected chi connectivity index (χ4v) is 4.23. The minimum atomic E-state index is -0.427. The number of hydrogen-bond donors (Lipinski definition) is 3. The van der Waals surface area contributed by atoms with Crippen LogP contribution in [0.3, 0.4) is 0 Å². The van der Waals surface area contributed by atoms with Gasteiger partial charge in [-0.25, -0.2) is 10.9 Å². The molecule has 0 spiro atoms. The average molecular weight is 409 g/mol. The van der Waals surface area contributed by atoms with Gasteiger partial charge in [0, 0.05) is 24.2 Å². The monoisotopic (exact) mass is 409 g/mol. The minimum Gasteiger partial charge on any atom is -0.493 e. The third-order valence-electron chi connectivity index (χ3n) is 5.56. The van der Waals surface area contributed by atoms with Gasteiger partial charge in [-0.2, -0.15) is 5.26 Å². The van der Waals surface area contributed by atoms with Gasteiger partial charge >= 0.3 is 0 Å². The van der Waals surface area contributed by atoms with Crippen LogP contribution in [-0.4, -0.2) is 32.5 Å². The molecule has 0 aliphatic carbocycles. The van der Waals surface area contributed by atoms with Gasteiger partial charge in [-0.3, -0.25) is 4.98 Å². The number of aromatic nitrogens is 1. The van der Waals surface area contributed by atoms with E-state index < -0.39 is 6.23 Å². The Hall–Kier alpha value is -3.48. The summed E-state index contributed by atoms with van der Waals surface area (Å²) < 4.78 is 22.3. The maximum absolute atomic E-state index is 9.92. The smallest absolute Gasteiger partial charge is 0.203 e. The van der Waals surface area contributed by atoms with Crippen LogP contribution in [0.25, 0.3) is 0 Å². The number of pyridine rings is 1. The van der Waals surface area contributed by atoms with E-state index in [1.807, 2.05) is 24.3 Å². The number of allylic oxidation sites excluding steroid dienone is 1. The Kier molecular flexibility index (Phi) is 5.35. The summed E-state index contributed by atoms with van der Waals surface area (Å²) >= 11 is 0. The first-order valence-electron chi connectivity index (χ1n) is 9.40. The van der Waals surface area contributed by atoms with Crippen molar-refractivity contribution >= 4 is 0 Å². The van der Waals surface area contributed by atoms with E-state index >= 15 is 0 Å². The van der Waals surface area contributed by atoms with E-state index in [2.05, 4.69) is 21.9 Å². The summed E-state index contributed by atoms with van der Waals surface area (Å²) in [6.07, 6.45) is 3.04. The van der Waals surface area contributed by atoms with E-state index in [-0.39, 0.29) is 23.8 Å². The van der Waals surface area contributed by atoms with E-state index in [1.54, 1.807) is 33.7 Å². The van der Waals surface area contributed by atoms with Crippen molar-refractivity contribution in [2.45, 2.75) is 18.2 Å². The number of nitriles is 1. The molecule has 0 radical (unpaired) electrons. The van der Waals surface area contributed by atoms with E-state index in [0.29, 0.717) is 22.8 Å². The Labute approximate surface area is 174 Å². The lowest BCUT2D eigenvalue weighted by atomic mass is 9.74. The van der Waals surface area contributed by atoms with Crippen molar-refractivity contribution in [2.24, 2.45) is 11.7 Å². The Bertz CT molecular complexity index is 979. The van der Waals surface area contributed by atoms with Crippen molar-refractivity contribution in [3.63, 3.8) is 0 Å². The molecule has 1 fully saturated rings. The molecule has 30 heavy (non-hydrogen) atoms. The van der Waals surface area contributed by atoms with Crippen LogP contribution >= 0.6 is 0 Å². The fraction of sp³-hybridized carbons (Fsp3) is 0.333. The lowest BCUT2D eigenvalue weighted by molar-refractivity contribution is 0.0340. The molecule has 2 aliphatic heterocycles. The largest absolute Gasteiger partial charge is 0.493 e. The molecule has 1 saturated heterocycles. The Morgan fingerprint density at radius 1 is 1.03 bits per heavy atom. The number of methoxy groups -OCH3 is 3. The molecular weight excluding hydrogens is 386 g/mol. The number of nitrogens with two attached hydrogens (primary N) is 1. The third-order valence-corrected chi connectivity index (χ3v) is 5.56. The molecule has 9 nitrogen and oxygen atoms in total. The molecule has 0 saturated carbocycles. The first-order chi connectivity index (χ1) is 14.6. The fourth-order valence-electron chi connectivity index (χ4n) is 4.23. The van der Waals surface area contributed by atoms with Gasteiger partial charge in [0.1, 0.15) is 6.07 Å². The van der Waals surface area contributed by atoms with Crippen LogP contribution in [0, 0.1) is 17.2 Å². The molecule has 9 heteroatoms. The highest BCUT2D eigenvalue weighted by atomic mass is 16.5. The molecule has 3 heterocycles. The second-order valence-electron chi connectivity index (χ2n) is 6.99. The lowest BCUT2D eigenvalue weighted by Crippen LogP contribution is -2.41. The maximum Gasteiger partial charge on any atom is 0.203 e. The highest BCUT2D eigenvalue weighted by Gasteiger charge is 2.49. The number of fused-ring (bicyclic) bond motifs is 1. The zero-order valence-electron chi connectivity index (χ0n) is 16.9. The first kappa shape index (κ1) is 19.8. The van der Waals surface area contributed by atoms with Crippen molar-refractivity contribution in [3.05, 3.63) is 59.2 Å². The molecule has 4 rings (SSSR count). The van der Waals surface area contributed by atoms with Gasteiger partial charge in [-0.15, -0.1) is 0 Å². The summed E-state index contributed by atoms with van der Waals surface area (Å²) in [7, 11) is 4.66. The average Bonchev–Trinajstić information content (AvgIpc) is 3.20. The van der Waals surface area contributed by atoms with E-state index in [1.165, 1.54) is 0 Å². The normalized spacial score (nSPS) is 25.1. The van der Waals surface area contributed by atoms with E-state index in [4.69, 9.17) is 24.7 Å². The highest BCUT2D eigenvalue weighted by molar-refractivity contribution is 5.57. The summed E-state index contributed by atoms with van der Waals surface area (Å²) in [6, 6.07) is 9.66. The number of nitrogens with one attached hydrogen (secondary N) is 2. The second kappa shape index (κ2) is 8.10. The van der Waals surface area contributed by atoms with E-state index in [0.717, 1.165) is 11.1 Å². The van der Waals surface area contributed by atoms with Crippen molar-refractivity contribution in [2.75, 3.05) is 21.3 Å². The number of hydrogen-bond acceptors (Lipinski definition) is 9. The standard InChI is InChI=1S/C21H23N5O4/c1-27-14-8-12(9-15(28-2)19(14)29-3)16-13(10-22)20(23)30-21-17(16)18(25-26-21)11-4-6-24-7-5-11/h4-9,16-18,21,25-26H,23H2,1-3H3. The zero-order valence-corrected chi connectivity index (χ0v) is 16.9. The first-order valence-corrected chi connectivity index (χ1v) is 9.40. The van der Waals surface area contributed by atoms with Crippen LogP contribution in [0.15, 0.2) is 48.1 Å². The SMILES string of the molecule is COc1cc(C2C(C#N)=C(N)OC3NNC(c4ccncc4)C32)cc(OC)c1OC. The van der Waals surface area contributed by atoms with Crippen LogP contribution < -0.4 is 30.8 Å². The predicted molar refractivity (Wildman–Crippen MR) is 107 cm³/mol. The van der Waals surface area contributed by atoms with Crippen LogP contribution in [0.4, 0.5) is 0 Å². The Morgan fingerprint density at radius 3 is 2.27 bits per heavy atom. The van der Waals surface area contributed by atoms with Crippen molar-refractivity contribution in [3.8, 4) is 23.3 Å². The van der Waals surface area contributed by atoms with E-state index in [9.17, 15) is 5.26 Å². The highest BCUT2D eigenvalue weighted by Crippen LogP contribution is 2.50. The van der Waals surface area contributed by atoms with Gasteiger partial charge in [0.05, 0.1) is 32.9 Å².